The third-order valence-corrected chi connectivity index (χ3v) is 3.75. The molecule has 0 aliphatic heterocycles. The van der Waals surface area contributed by atoms with Crippen LogP contribution in [0.5, 0.6) is 5.75 Å². The van der Waals surface area contributed by atoms with Gasteiger partial charge in [0.2, 0.25) is 0 Å². The van der Waals surface area contributed by atoms with Crippen LogP contribution in [0, 0.1) is 0 Å². The number of carboxylic acids is 1. The number of ether oxygens (including phenoxy) is 1. The van der Waals surface area contributed by atoms with Crippen molar-refractivity contribution in [1.82, 2.24) is 0 Å². The molecule has 6 heteroatoms. The number of hydrogen-bond donors (Lipinski definition) is 1. The van der Waals surface area contributed by atoms with Crippen LogP contribution in [0.4, 0.5) is 0 Å². The maximum atomic E-state index is 10.9. The van der Waals surface area contributed by atoms with Crippen molar-refractivity contribution in [2.75, 3.05) is 6.61 Å². The summed E-state index contributed by atoms with van der Waals surface area (Å²) in [5.41, 5.74) is 1.33. The van der Waals surface area contributed by atoms with Gasteiger partial charge in [-0.25, -0.2) is 4.79 Å². The summed E-state index contributed by atoms with van der Waals surface area (Å²) in [6.45, 7) is 2.32. The van der Waals surface area contributed by atoms with Gasteiger partial charge in [-0.3, -0.25) is 0 Å². The number of halogens is 3. The van der Waals surface area contributed by atoms with Crippen LogP contribution in [0.15, 0.2) is 30.3 Å². The molecule has 0 bridgehead atoms. The molecule has 2 aromatic rings. The Labute approximate surface area is 137 Å². The monoisotopic (exact) mass is 344 g/mol. The second-order valence-corrected chi connectivity index (χ2v) is 5.42. The van der Waals surface area contributed by atoms with Crippen molar-refractivity contribution in [3.63, 3.8) is 0 Å². The molecule has 0 saturated heterocycles. The van der Waals surface area contributed by atoms with Crippen molar-refractivity contribution >= 4 is 40.8 Å². The number of aromatic carboxylic acids is 1. The van der Waals surface area contributed by atoms with Crippen LogP contribution in [0.25, 0.3) is 11.1 Å². The van der Waals surface area contributed by atoms with Gasteiger partial charge in [-0.15, -0.1) is 0 Å². The molecule has 0 heterocycles. The van der Waals surface area contributed by atoms with Crippen molar-refractivity contribution in [1.29, 1.82) is 0 Å². The second kappa shape index (κ2) is 6.56. The molecule has 0 saturated carbocycles. The van der Waals surface area contributed by atoms with Gasteiger partial charge in [0.1, 0.15) is 5.75 Å². The molecule has 0 aromatic heterocycles. The van der Waals surface area contributed by atoms with Gasteiger partial charge in [-0.1, -0.05) is 40.9 Å². The molecular weight excluding hydrogens is 335 g/mol. The third-order valence-electron chi connectivity index (χ3n) is 2.83. The first kappa shape index (κ1) is 16.0. The fraction of sp³-hybridized carbons (Fsp3) is 0.133. The van der Waals surface area contributed by atoms with E-state index in [4.69, 9.17) is 44.6 Å². The lowest BCUT2D eigenvalue weighted by Crippen LogP contribution is -1.96. The highest BCUT2D eigenvalue weighted by atomic mass is 35.5. The van der Waals surface area contributed by atoms with E-state index < -0.39 is 5.97 Å². The molecule has 0 amide bonds. The lowest BCUT2D eigenvalue weighted by molar-refractivity contribution is 0.0697. The van der Waals surface area contributed by atoms with Crippen LogP contribution in [0.2, 0.25) is 15.1 Å². The van der Waals surface area contributed by atoms with E-state index in [1.807, 2.05) is 6.92 Å². The molecule has 110 valence electrons. The second-order valence-electron chi connectivity index (χ2n) is 4.20. The SMILES string of the molecule is CCOc1cc(Cl)c(-c2ccc(C(=O)O)cc2Cl)cc1Cl. The Morgan fingerprint density at radius 2 is 1.71 bits per heavy atom. The maximum absolute atomic E-state index is 10.9. The van der Waals surface area contributed by atoms with Gasteiger partial charge in [0.05, 0.1) is 22.2 Å². The number of carboxylic acid groups (broad SMARTS) is 1. The number of hydrogen-bond acceptors (Lipinski definition) is 2. The normalized spacial score (nSPS) is 10.5. The molecule has 0 spiro atoms. The largest absolute Gasteiger partial charge is 0.492 e. The van der Waals surface area contributed by atoms with Crippen LogP contribution in [-0.2, 0) is 0 Å². The van der Waals surface area contributed by atoms with Crippen LogP contribution in [0.1, 0.15) is 17.3 Å². The smallest absolute Gasteiger partial charge is 0.335 e. The Kier molecular flexibility index (Phi) is 4.99. The first-order valence-electron chi connectivity index (χ1n) is 6.09. The first-order valence-corrected chi connectivity index (χ1v) is 7.22. The Hall–Kier alpha value is -1.42. The first-order chi connectivity index (χ1) is 9.93. The van der Waals surface area contributed by atoms with Crippen molar-refractivity contribution in [2.45, 2.75) is 6.92 Å². The fourth-order valence-electron chi connectivity index (χ4n) is 1.87. The molecular formula is C15H11Cl3O3. The summed E-state index contributed by atoms with van der Waals surface area (Å²) in [6, 6.07) is 7.70. The van der Waals surface area contributed by atoms with Crippen LogP contribution in [0.3, 0.4) is 0 Å². The number of carbonyl (C=O) groups is 1. The molecule has 2 aromatic carbocycles. The standard InChI is InChI=1S/C15H11Cl3O3/c1-2-21-14-7-12(17)10(6-13(14)18)9-4-3-8(15(19)20)5-11(9)16/h3-7H,2H2,1H3,(H,19,20). The van der Waals surface area contributed by atoms with Crippen LogP contribution < -0.4 is 4.74 Å². The number of benzene rings is 2. The van der Waals surface area contributed by atoms with Crippen molar-refractivity contribution in [3.8, 4) is 16.9 Å². The molecule has 0 unspecified atom stereocenters. The Morgan fingerprint density at radius 3 is 2.29 bits per heavy atom. The minimum atomic E-state index is -1.04. The van der Waals surface area contributed by atoms with Crippen molar-refractivity contribution in [3.05, 3.63) is 51.0 Å². The molecule has 1 N–H and O–H groups in total. The van der Waals surface area contributed by atoms with Crippen molar-refractivity contribution in [2.24, 2.45) is 0 Å². The quantitative estimate of drug-likeness (QED) is 0.805. The van der Waals surface area contributed by atoms with Gasteiger partial charge in [0.25, 0.3) is 0 Å². The van der Waals surface area contributed by atoms with E-state index >= 15 is 0 Å². The summed E-state index contributed by atoms with van der Waals surface area (Å²) in [4.78, 5) is 10.9. The topological polar surface area (TPSA) is 46.5 Å². The van der Waals surface area contributed by atoms with E-state index in [1.165, 1.54) is 12.1 Å². The minimum absolute atomic E-state index is 0.108. The van der Waals surface area contributed by atoms with Gasteiger partial charge in [-0.2, -0.15) is 0 Å². The summed E-state index contributed by atoms with van der Waals surface area (Å²) in [5.74, 6) is -0.550. The molecule has 2 rings (SSSR count). The van der Waals surface area contributed by atoms with E-state index in [1.54, 1.807) is 18.2 Å². The highest BCUT2D eigenvalue weighted by molar-refractivity contribution is 6.38. The van der Waals surface area contributed by atoms with E-state index in [0.717, 1.165) is 0 Å². The summed E-state index contributed by atoms with van der Waals surface area (Å²) >= 11 is 18.5. The lowest BCUT2D eigenvalue weighted by atomic mass is 10.0. The van der Waals surface area contributed by atoms with Gasteiger partial charge < -0.3 is 9.84 Å². The van der Waals surface area contributed by atoms with Gasteiger partial charge >= 0.3 is 5.97 Å². The molecule has 3 nitrogen and oxygen atoms in total. The van der Waals surface area contributed by atoms with Gasteiger partial charge in [0.15, 0.2) is 0 Å². The summed E-state index contributed by atoms with van der Waals surface area (Å²) in [6.07, 6.45) is 0. The molecule has 21 heavy (non-hydrogen) atoms. The maximum Gasteiger partial charge on any atom is 0.335 e. The zero-order valence-electron chi connectivity index (χ0n) is 11.0. The Balaban J connectivity index is 2.52. The van der Waals surface area contributed by atoms with E-state index in [9.17, 15) is 4.79 Å². The predicted octanol–water partition coefficient (Wildman–Crippen LogP) is 5.41. The van der Waals surface area contributed by atoms with Crippen LogP contribution >= 0.6 is 34.8 Å². The molecule has 0 atom stereocenters. The summed E-state index contributed by atoms with van der Waals surface area (Å²) < 4.78 is 5.36. The minimum Gasteiger partial charge on any atom is -0.492 e. The fourth-order valence-corrected chi connectivity index (χ4v) is 2.62. The summed E-state index contributed by atoms with van der Waals surface area (Å²) in [7, 11) is 0. The highest BCUT2D eigenvalue weighted by Crippen LogP contribution is 2.39. The molecule has 0 fully saturated rings. The Morgan fingerprint density at radius 1 is 1.05 bits per heavy atom. The van der Waals surface area contributed by atoms with Gasteiger partial charge in [0, 0.05) is 22.2 Å². The molecule has 0 aliphatic rings. The third kappa shape index (κ3) is 3.43. The highest BCUT2D eigenvalue weighted by Gasteiger charge is 2.14. The van der Waals surface area contributed by atoms with E-state index in [2.05, 4.69) is 0 Å². The number of rotatable bonds is 4. The van der Waals surface area contributed by atoms with Crippen molar-refractivity contribution < 1.29 is 14.6 Å². The van der Waals surface area contributed by atoms with Crippen LogP contribution in [-0.4, -0.2) is 17.7 Å². The average molecular weight is 346 g/mol. The lowest BCUT2D eigenvalue weighted by Gasteiger charge is -2.12. The van der Waals surface area contributed by atoms with Gasteiger partial charge in [-0.05, 0) is 25.1 Å². The predicted molar refractivity (Wildman–Crippen MR) is 85.0 cm³/mol. The molecule has 0 aliphatic carbocycles. The van der Waals surface area contributed by atoms with E-state index in [-0.39, 0.29) is 10.6 Å². The average Bonchev–Trinajstić information content (AvgIpc) is 2.43. The zero-order chi connectivity index (χ0) is 15.6. The zero-order valence-corrected chi connectivity index (χ0v) is 13.3. The molecule has 0 radical (unpaired) electrons. The Bertz CT molecular complexity index is 699. The van der Waals surface area contributed by atoms with E-state index in [0.29, 0.717) is 33.5 Å². The summed E-state index contributed by atoms with van der Waals surface area (Å²) in [5, 5.41) is 10.1.